The number of hydroxylamine groups is 1. The molecular weight excluding hydrogens is 212 g/mol. The molecule has 2 aliphatic rings. The summed E-state index contributed by atoms with van der Waals surface area (Å²) in [5, 5.41) is 3.45. The normalized spacial score (nSPS) is 19.3. The summed E-state index contributed by atoms with van der Waals surface area (Å²) in [6.07, 6.45) is 6.62. The largest absolute Gasteiger partial charge is 0.384 e. The first kappa shape index (κ1) is 11.1. The Morgan fingerprint density at radius 3 is 3.06 bits per heavy atom. The Kier molecular flexibility index (Phi) is 3.29. The van der Waals surface area contributed by atoms with Crippen LogP contribution in [-0.4, -0.2) is 12.6 Å². The molecule has 1 heterocycles. The van der Waals surface area contributed by atoms with Crippen LogP contribution in [0.15, 0.2) is 18.2 Å². The summed E-state index contributed by atoms with van der Waals surface area (Å²) >= 11 is 0. The second-order valence-corrected chi connectivity index (χ2v) is 4.97. The van der Waals surface area contributed by atoms with E-state index in [9.17, 15) is 0 Å². The lowest BCUT2D eigenvalue weighted by atomic mass is 10.1. The van der Waals surface area contributed by atoms with E-state index in [4.69, 9.17) is 4.84 Å². The molecule has 0 saturated heterocycles. The molecule has 0 spiro atoms. The van der Waals surface area contributed by atoms with Gasteiger partial charge in [0.05, 0.1) is 6.10 Å². The lowest BCUT2D eigenvalue weighted by Gasteiger charge is -2.13. The van der Waals surface area contributed by atoms with Gasteiger partial charge in [0, 0.05) is 18.8 Å². The monoisotopic (exact) mass is 232 g/mol. The summed E-state index contributed by atoms with van der Waals surface area (Å²) in [5.41, 5.74) is 7.20. The van der Waals surface area contributed by atoms with Crippen LogP contribution in [0.5, 0.6) is 0 Å². The van der Waals surface area contributed by atoms with E-state index in [1.165, 1.54) is 42.5 Å². The average molecular weight is 232 g/mol. The van der Waals surface area contributed by atoms with Crippen LogP contribution in [0.2, 0.25) is 0 Å². The summed E-state index contributed by atoms with van der Waals surface area (Å²) in [7, 11) is 0. The molecule has 1 aromatic carbocycles. The zero-order chi connectivity index (χ0) is 11.5. The maximum Gasteiger partial charge on any atom is 0.0790 e. The van der Waals surface area contributed by atoms with Gasteiger partial charge in [-0.05, 0) is 30.4 Å². The highest BCUT2D eigenvalue weighted by atomic mass is 16.7. The molecular formula is C14H20N2O. The number of benzene rings is 1. The van der Waals surface area contributed by atoms with E-state index in [2.05, 4.69) is 29.0 Å². The lowest BCUT2D eigenvalue weighted by molar-refractivity contribution is -0.0243. The van der Waals surface area contributed by atoms with Crippen LogP contribution < -0.4 is 10.8 Å². The fraction of sp³-hybridized carbons (Fsp3) is 0.571. The Hall–Kier alpha value is -1.06. The number of fused-ring (bicyclic) bond motifs is 1. The van der Waals surface area contributed by atoms with Gasteiger partial charge in [-0.15, -0.1) is 0 Å². The summed E-state index contributed by atoms with van der Waals surface area (Å²) in [5.74, 6) is 0. The predicted molar refractivity (Wildman–Crippen MR) is 68.8 cm³/mol. The molecule has 3 rings (SSSR count). The Bertz CT molecular complexity index is 386. The van der Waals surface area contributed by atoms with Crippen LogP contribution in [0, 0.1) is 0 Å². The van der Waals surface area contributed by atoms with Crippen LogP contribution in [-0.2, 0) is 17.8 Å². The number of rotatable bonds is 4. The quantitative estimate of drug-likeness (QED) is 0.783. The first-order valence-corrected chi connectivity index (χ1v) is 6.66. The molecule has 0 bridgehead atoms. The van der Waals surface area contributed by atoms with Crippen molar-refractivity contribution in [3.05, 3.63) is 29.3 Å². The van der Waals surface area contributed by atoms with Crippen LogP contribution in [0.4, 0.5) is 5.69 Å². The van der Waals surface area contributed by atoms with Crippen molar-refractivity contribution in [3.8, 4) is 0 Å². The second-order valence-electron chi connectivity index (χ2n) is 4.97. The molecule has 1 aromatic rings. The van der Waals surface area contributed by atoms with Gasteiger partial charge in [-0.1, -0.05) is 31.0 Å². The standard InChI is InChI=1S/C14H20N2O/c1-2-7-13(6-1)17-16-10-12-5-3-4-11-8-9-15-14(11)12/h3-5,13,15-16H,1-2,6-10H2. The third kappa shape index (κ3) is 2.45. The smallest absolute Gasteiger partial charge is 0.0790 e. The van der Waals surface area contributed by atoms with E-state index < -0.39 is 0 Å². The molecule has 2 N–H and O–H groups in total. The van der Waals surface area contributed by atoms with Gasteiger partial charge in [0.2, 0.25) is 0 Å². The van der Waals surface area contributed by atoms with Crippen LogP contribution >= 0.6 is 0 Å². The van der Waals surface area contributed by atoms with E-state index in [0.29, 0.717) is 6.10 Å². The zero-order valence-electron chi connectivity index (χ0n) is 10.2. The Labute approximate surface area is 103 Å². The fourth-order valence-corrected chi connectivity index (χ4v) is 2.80. The van der Waals surface area contributed by atoms with Crippen molar-refractivity contribution < 1.29 is 4.84 Å². The molecule has 3 heteroatoms. The van der Waals surface area contributed by atoms with Gasteiger partial charge in [0.15, 0.2) is 0 Å². The molecule has 1 saturated carbocycles. The SMILES string of the molecule is c1cc2c(c(CNOC3CCCC3)c1)NCC2. The summed E-state index contributed by atoms with van der Waals surface area (Å²) < 4.78 is 0. The number of nitrogens with one attached hydrogen (secondary N) is 2. The van der Waals surface area contributed by atoms with Crippen LogP contribution in [0.3, 0.4) is 0 Å². The van der Waals surface area contributed by atoms with Crippen molar-refractivity contribution in [2.24, 2.45) is 0 Å². The van der Waals surface area contributed by atoms with E-state index in [1.807, 2.05) is 0 Å². The molecule has 1 aliphatic heterocycles. The minimum absolute atomic E-state index is 0.430. The third-order valence-corrected chi connectivity index (χ3v) is 3.75. The number of hydrogen-bond donors (Lipinski definition) is 2. The fourth-order valence-electron chi connectivity index (χ4n) is 2.80. The molecule has 17 heavy (non-hydrogen) atoms. The molecule has 0 amide bonds. The molecule has 0 aromatic heterocycles. The van der Waals surface area contributed by atoms with Gasteiger partial charge < -0.3 is 5.32 Å². The summed E-state index contributed by atoms with van der Waals surface area (Å²) in [4.78, 5) is 5.69. The molecule has 3 nitrogen and oxygen atoms in total. The lowest BCUT2D eigenvalue weighted by Crippen LogP contribution is -2.21. The van der Waals surface area contributed by atoms with Gasteiger partial charge in [0.25, 0.3) is 0 Å². The van der Waals surface area contributed by atoms with Gasteiger partial charge in [-0.25, -0.2) is 0 Å². The van der Waals surface area contributed by atoms with Crippen LogP contribution in [0.25, 0.3) is 0 Å². The zero-order valence-corrected chi connectivity index (χ0v) is 10.2. The van der Waals surface area contributed by atoms with E-state index >= 15 is 0 Å². The Morgan fingerprint density at radius 1 is 1.29 bits per heavy atom. The maximum atomic E-state index is 5.69. The molecule has 0 atom stereocenters. The van der Waals surface area contributed by atoms with Gasteiger partial charge in [-0.3, -0.25) is 4.84 Å². The van der Waals surface area contributed by atoms with Gasteiger partial charge in [0.1, 0.15) is 0 Å². The van der Waals surface area contributed by atoms with Crippen molar-refractivity contribution in [1.29, 1.82) is 0 Å². The van der Waals surface area contributed by atoms with Crippen molar-refractivity contribution in [3.63, 3.8) is 0 Å². The first-order valence-electron chi connectivity index (χ1n) is 6.66. The van der Waals surface area contributed by atoms with Gasteiger partial charge >= 0.3 is 0 Å². The maximum absolute atomic E-state index is 5.69. The second kappa shape index (κ2) is 5.07. The van der Waals surface area contributed by atoms with Gasteiger partial charge in [-0.2, -0.15) is 5.48 Å². The number of anilines is 1. The average Bonchev–Trinajstić information content (AvgIpc) is 2.99. The van der Waals surface area contributed by atoms with Crippen molar-refractivity contribution in [2.75, 3.05) is 11.9 Å². The van der Waals surface area contributed by atoms with E-state index in [1.54, 1.807) is 0 Å². The highest BCUT2D eigenvalue weighted by Gasteiger charge is 2.16. The molecule has 1 aliphatic carbocycles. The van der Waals surface area contributed by atoms with E-state index in [0.717, 1.165) is 19.5 Å². The molecule has 92 valence electrons. The molecule has 0 radical (unpaired) electrons. The minimum Gasteiger partial charge on any atom is -0.384 e. The minimum atomic E-state index is 0.430. The number of para-hydroxylation sites is 1. The first-order chi connectivity index (χ1) is 8.43. The predicted octanol–water partition coefficient (Wildman–Crippen LogP) is 2.62. The van der Waals surface area contributed by atoms with Crippen molar-refractivity contribution in [1.82, 2.24) is 5.48 Å². The summed E-state index contributed by atoms with van der Waals surface area (Å²) in [6, 6.07) is 6.51. The Morgan fingerprint density at radius 2 is 2.18 bits per heavy atom. The topological polar surface area (TPSA) is 33.3 Å². The van der Waals surface area contributed by atoms with Crippen LogP contribution in [0.1, 0.15) is 36.8 Å². The van der Waals surface area contributed by atoms with E-state index in [-0.39, 0.29) is 0 Å². The highest BCUT2D eigenvalue weighted by Crippen LogP contribution is 2.26. The highest BCUT2D eigenvalue weighted by molar-refractivity contribution is 5.61. The Balaban J connectivity index is 1.56. The number of hydrogen-bond acceptors (Lipinski definition) is 3. The summed E-state index contributed by atoms with van der Waals surface area (Å²) in [6.45, 7) is 1.86. The molecule has 0 unspecified atom stereocenters. The third-order valence-electron chi connectivity index (χ3n) is 3.75. The van der Waals surface area contributed by atoms with Crippen molar-refractivity contribution >= 4 is 5.69 Å². The van der Waals surface area contributed by atoms with Crippen molar-refractivity contribution in [2.45, 2.75) is 44.8 Å². The molecule has 1 fully saturated rings.